The van der Waals surface area contributed by atoms with Gasteiger partial charge in [0.2, 0.25) is 0 Å². The maximum Gasteiger partial charge on any atom is 0.341 e. The van der Waals surface area contributed by atoms with Gasteiger partial charge in [-0.2, -0.15) is 0 Å². The fraction of sp³-hybridized carbons (Fsp3) is 0.227. The molecule has 0 spiro atoms. The number of benzene rings is 2. The van der Waals surface area contributed by atoms with Crippen molar-refractivity contribution in [2.75, 3.05) is 18.5 Å². The normalized spacial score (nSPS) is 10.6. The van der Waals surface area contributed by atoms with Crippen molar-refractivity contribution < 1.29 is 19.1 Å². The summed E-state index contributed by atoms with van der Waals surface area (Å²) in [5, 5.41) is 4.05. The van der Waals surface area contributed by atoms with E-state index in [4.69, 9.17) is 9.47 Å². The second kappa shape index (κ2) is 9.52. The van der Waals surface area contributed by atoms with Crippen LogP contribution in [0.3, 0.4) is 0 Å². The first-order valence-corrected chi connectivity index (χ1v) is 10.1. The van der Waals surface area contributed by atoms with Crippen molar-refractivity contribution in [2.45, 2.75) is 20.3 Å². The number of ether oxygens (including phenoxy) is 2. The smallest absolute Gasteiger partial charge is 0.341 e. The van der Waals surface area contributed by atoms with E-state index in [0.29, 0.717) is 23.4 Å². The van der Waals surface area contributed by atoms with Crippen molar-refractivity contribution in [3.63, 3.8) is 0 Å². The maximum atomic E-state index is 12.5. The van der Waals surface area contributed by atoms with Crippen molar-refractivity contribution in [3.05, 3.63) is 64.3 Å². The summed E-state index contributed by atoms with van der Waals surface area (Å²) in [6.45, 7) is 4.36. The lowest BCUT2D eigenvalue weighted by molar-refractivity contribution is 0.0501. The Morgan fingerprint density at radius 1 is 1.03 bits per heavy atom. The lowest BCUT2D eigenvalue weighted by atomic mass is 10.1. The molecule has 1 aromatic heterocycles. The zero-order valence-electron chi connectivity index (χ0n) is 16.2. The fourth-order valence-electron chi connectivity index (χ4n) is 2.78. The van der Waals surface area contributed by atoms with Gasteiger partial charge >= 0.3 is 11.9 Å². The van der Waals surface area contributed by atoms with Gasteiger partial charge in [0.05, 0.1) is 30.0 Å². The van der Waals surface area contributed by atoms with Gasteiger partial charge in [0.25, 0.3) is 0 Å². The van der Waals surface area contributed by atoms with Crippen LogP contribution in [0.25, 0.3) is 10.9 Å². The molecule has 0 radical (unpaired) electrons. The number of esters is 2. The molecule has 0 bridgehead atoms. The van der Waals surface area contributed by atoms with Crippen LogP contribution in [0.1, 0.15) is 41.0 Å². The lowest BCUT2D eigenvalue weighted by Gasteiger charge is -2.14. The fourth-order valence-corrected chi connectivity index (χ4v) is 3.14. The van der Waals surface area contributed by atoms with E-state index in [-0.39, 0.29) is 12.6 Å². The number of aromatic nitrogens is 1. The van der Waals surface area contributed by atoms with Crippen LogP contribution in [-0.4, -0.2) is 30.1 Å². The molecule has 7 heteroatoms. The topological polar surface area (TPSA) is 77.5 Å². The molecule has 3 rings (SSSR count). The van der Waals surface area contributed by atoms with Crippen molar-refractivity contribution in [3.8, 4) is 0 Å². The summed E-state index contributed by atoms with van der Waals surface area (Å²) in [7, 11) is 0. The molecule has 0 aliphatic heterocycles. The highest BCUT2D eigenvalue weighted by molar-refractivity contribution is 9.10. The Balaban J connectivity index is 1.97. The number of nitrogens with zero attached hydrogens (tertiary/aromatic N) is 1. The number of halogens is 1. The average molecular weight is 457 g/mol. The van der Waals surface area contributed by atoms with E-state index >= 15 is 0 Å². The van der Waals surface area contributed by atoms with Crippen molar-refractivity contribution in [1.29, 1.82) is 0 Å². The zero-order valence-corrected chi connectivity index (χ0v) is 17.8. The lowest BCUT2D eigenvalue weighted by Crippen LogP contribution is -2.09. The molecule has 6 nitrogen and oxygen atoms in total. The van der Waals surface area contributed by atoms with Crippen LogP contribution in [-0.2, 0) is 9.47 Å². The SMILES string of the molecule is CCCOC(=O)c1ccc(Nc2c(C(=O)OCC)cnc3ccc(Br)cc23)cc1. The first-order valence-electron chi connectivity index (χ1n) is 9.33. The molecular formula is C22H21BrN2O4. The predicted octanol–water partition coefficient (Wildman–Crippen LogP) is 5.48. The van der Waals surface area contributed by atoms with Crippen LogP contribution in [0.2, 0.25) is 0 Å². The molecular weight excluding hydrogens is 436 g/mol. The molecule has 1 N–H and O–H groups in total. The molecule has 0 aliphatic carbocycles. The summed E-state index contributed by atoms with van der Waals surface area (Å²) >= 11 is 3.47. The van der Waals surface area contributed by atoms with Crippen LogP contribution < -0.4 is 5.32 Å². The van der Waals surface area contributed by atoms with Gasteiger partial charge in [-0.25, -0.2) is 9.59 Å². The van der Waals surface area contributed by atoms with Gasteiger partial charge in [-0.05, 0) is 55.8 Å². The molecule has 0 fully saturated rings. The van der Waals surface area contributed by atoms with Gasteiger partial charge in [-0.1, -0.05) is 22.9 Å². The summed E-state index contributed by atoms with van der Waals surface area (Å²) < 4.78 is 11.2. The van der Waals surface area contributed by atoms with Gasteiger partial charge in [0.1, 0.15) is 5.56 Å². The molecule has 0 aliphatic rings. The number of rotatable bonds is 7. The first-order chi connectivity index (χ1) is 14.0. The zero-order chi connectivity index (χ0) is 20.8. The van der Waals surface area contributed by atoms with Crippen LogP contribution in [0.4, 0.5) is 11.4 Å². The van der Waals surface area contributed by atoms with E-state index in [1.165, 1.54) is 6.20 Å². The number of anilines is 2. The monoisotopic (exact) mass is 456 g/mol. The second-order valence-electron chi connectivity index (χ2n) is 6.27. The van der Waals surface area contributed by atoms with Gasteiger partial charge in [-0.3, -0.25) is 4.98 Å². The Hall–Kier alpha value is -2.93. The summed E-state index contributed by atoms with van der Waals surface area (Å²) in [6, 6.07) is 12.5. The Kier molecular flexibility index (Phi) is 6.82. The largest absolute Gasteiger partial charge is 0.462 e. The molecule has 1 heterocycles. The molecule has 2 aromatic carbocycles. The van der Waals surface area contributed by atoms with Crippen LogP contribution in [0.15, 0.2) is 53.1 Å². The number of carbonyl (C=O) groups excluding carboxylic acids is 2. The van der Waals surface area contributed by atoms with E-state index in [1.807, 2.05) is 25.1 Å². The third-order valence-corrected chi connectivity index (χ3v) is 4.65. The minimum Gasteiger partial charge on any atom is -0.462 e. The Bertz CT molecular complexity index is 1030. The molecule has 0 saturated carbocycles. The highest BCUT2D eigenvalue weighted by atomic mass is 79.9. The second-order valence-corrected chi connectivity index (χ2v) is 7.18. The number of fused-ring (bicyclic) bond motifs is 1. The van der Waals surface area contributed by atoms with Gasteiger partial charge in [0.15, 0.2) is 0 Å². The third-order valence-electron chi connectivity index (χ3n) is 4.15. The molecule has 29 heavy (non-hydrogen) atoms. The van der Waals surface area contributed by atoms with E-state index in [9.17, 15) is 9.59 Å². The van der Waals surface area contributed by atoms with Crippen LogP contribution in [0.5, 0.6) is 0 Å². The molecule has 150 valence electrons. The number of carbonyl (C=O) groups is 2. The van der Waals surface area contributed by atoms with Crippen molar-refractivity contribution in [1.82, 2.24) is 4.98 Å². The Labute approximate surface area is 177 Å². The first kappa shape index (κ1) is 20.8. The highest BCUT2D eigenvalue weighted by Crippen LogP contribution is 2.31. The van der Waals surface area contributed by atoms with Gasteiger partial charge in [-0.15, -0.1) is 0 Å². The van der Waals surface area contributed by atoms with Crippen molar-refractivity contribution in [2.24, 2.45) is 0 Å². The Morgan fingerprint density at radius 2 is 1.79 bits per heavy atom. The summed E-state index contributed by atoms with van der Waals surface area (Å²) in [5.41, 5.74) is 2.86. The van der Waals surface area contributed by atoms with Crippen molar-refractivity contribution >= 4 is 50.1 Å². The summed E-state index contributed by atoms with van der Waals surface area (Å²) in [4.78, 5) is 28.8. The molecule has 0 atom stereocenters. The highest BCUT2D eigenvalue weighted by Gasteiger charge is 2.17. The predicted molar refractivity (Wildman–Crippen MR) is 116 cm³/mol. The average Bonchev–Trinajstić information content (AvgIpc) is 2.73. The molecule has 0 amide bonds. The minimum atomic E-state index is -0.455. The number of hydrogen-bond acceptors (Lipinski definition) is 6. The number of pyridine rings is 1. The standard InChI is InChI=1S/C22H21BrN2O4/c1-3-11-29-21(26)14-5-8-16(9-6-14)25-20-17-12-15(23)7-10-19(17)24-13-18(20)22(27)28-4-2/h5-10,12-13H,3-4,11H2,1-2H3,(H,24,25). The van der Waals surface area contributed by atoms with E-state index < -0.39 is 5.97 Å². The van der Waals surface area contributed by atoms with Crippen LogP contribution >= 0.6 is 15.9 Å². The van der Waals surface area contributed by atoms with E-state index in [0.717, 1.165) is 27.5 Å². The number of hydrogen-bond donors (Lipinski definition) is 1. The van der Waals surface area contributed by atoms with Gasteiger partial charge in [0, 0.05) is 21.7 Å². The van der Waals surface area contributed by atoms with E-state index in [1.54, 1.807) is 31.2 Å². The summed E-state index contributed by atoms with van der Waals surface area (Å²) in [5.74, 6) is -0.812. The van der Waals surface area contributed by atoms with Crippen LogP contribution in [0, 0.1) is 0 Å². The summed E-state index contributed by atoms with van der Waals surface area (Å²) in [6.07, 6.45) is 2.28. The maximum absolute atomic E-state index is 12.5. The quantitative estimate of drug-likeness (QED) is 0.473. The van der Waals surface area contributed by atoms with Gasteiger partial charge < -0.3 is 14.8 Å². The van der Waals surface area contributed by atoms with E-state index in [2.05, 4.69) is 26.2 Å². The molecule has 0 saturated heterocycles. The molecule has 3 aromatic rings. The Morgan fingerprint density at radius 3 is 2.48 bits per heavy atom. The minimum absolute atomic E-state index is 0.267. The number of nitrogens with one attached hydrogen (secondary N) is 1. The third kappa shape index (κ3) is 4.92. The molecule has 0 unspecified atom stereocenters.